The number of pyridine rings is 1. The van der Waals surface area contributed by atoms with Gasteiger partial charge in [0, 0.05) is 44.6 Å². The molecule has 0 saturated carbocycles. The molecule has 1 aromatic carbocycles. The van der Waals surface area contributed by atoms with Crippen molar-refractivity contribution in [1.82, 2.24) is 19.2 Å². The Morgan fingerprint density at radius 2 is 1.79 bits per heavy atom. The first-order valence-corrected chi connectivity index (χ1v) is 10.8. The number of benzene rings is 1. The number of imidazole rings is 1. The summed E-state index contributed by atoms with van der Waals surface area (Å²) in [7, 11) is 0. The number of fused-ring (bicyclic) bond motifs is 2. The van der Waals surface area contributed by atoms with Crippen LogP contribution in [0.15, 0.2) is 42.7 Å². The maximum absolute atomic E-state index is 13.0. The van der Waals surface area contributed by atoms with Crippen molar-refractivity contribution in [3.05, 3.63) is 69.6 Å². The largest absolute Gasteiger partial charge is 0.337 e. The molecule has 4 heterocycles. The number of hydrogen-bond acceptors (Lipinski definition) is 3. The summed E-state index contributed by atoms with van der Waals surface area (Å²) in [6.45, 7) is 3.62. The van der Waals surface area contributed by atoms with Gasteiger partial charge in [-0.2, -0.15) is 0 Å². The molecule has 0 spiro atoms. The smallest absolute Gasteiger partial charge is 0.274 e. The molecule has 7 heteroatoms. The van der Waals surface area contributed by atoms with Crippen molar-refractivity contribution in [2.75, 3.05) is 19.6 Å². The van der Waals surface area contributed by atoms with Crippen LogP contribution < -0.4 is 0 Å². The van der Waals surface area contributed by atoms with Gasteiger partial charge in [0.1, 0.15) is 5.69 Å². The summed E-state index contributed by atoms with van der Waals surface area (Å²) in [5, 5.41) is 0.962. The van der Waals surface area contributed by atoms with Crippen molar-refractivity contribution < 1.29 is 4.79 Å². The average Bonchev–Trinajstić information content (AvgIpc) is 3.17. The fourth-order valence-electron chi connectivity index (χ4n) is 4.55. The molecule has 2 aliphatic heterocycles. The number of amides is 1. The van der Waals surface area contributed by atoms with E-state index in [9.17, 15) is 4.79 Å². The predicted octanol–water partition coefficient (Wildman–Crippen LogP) is 4.30. The van der Waals surface area contributed by atoms with Crippen LogP contribution in [0, 0.1) is 0 Å². The van der Waals surface area contributed by atoms with Crippen LogP contribution in [0.25, 0.3) is 5.65 Å². The molecular formula is C22H22Cl2N4O. The molecule has 0 N–H and O–H groups in total. The molecule has 1 fully saturated rings. The van der Waals surface area contributed by atoms with E-state index in [4.69, 9.17) is 23.2 Å². The van der Waals surface area contributed by atoms with E-state index < -0.39 is 0 Å². The number of hydrogen-bond donors (Lipinski definition) is 0. The van der Waals surface area contributed by atoms with Gasteiger partial charge in [0.15, 0.2) is 5.65 Å². The minimum atomic E-state index is -0.0386. The van der Waals surface area contributed by atoms with E-state index in [2.05, 4.69) is 34.1 Å². The van der Waals surface area contributed by atoms with E-state index in [0.717, 1.165) is 45.4 Å². The second-order valence-electron chi connectivity index (χ2n) is 7.88. The number of likely N-dealkylation sites (tertiary alicyclic amines) is 1. The van der Waals surface area contributed by atoms with Crippen LogP contribution in [-0.2, 0) is 13.0 Å². The van der Waals surface area contributed by atoms with Crippen LogP contribution in [0.5, 0.6) is 0 Å². The summed E-state index contributed by atoms with van der Waals surface area (Å²) in [5.41, 5.74) is 3.89. The lowest BCUT2D eigenvalue weighted by Crippen LogP contribution is -2.48. The Balaban J connectivity index is 1.25. The molecule has 1 amide bonds. The summed E-state index contributed by atoms with van der Waals surface area (Å²) >= 11 is 12.3. The first-order valence-electron chi connectivity index (χ1n) is 10.0. The number of halogens is 2. The third kappa shape index (κ3) is 3.63. The normalized spacial score (nSPS) is 18.2. The molecule has 5 nitrogen and oxygen atoms in total. The van der Waals surface area contributed by atoms with Crippen molar-refractivity contribution in [3.8, 4) is 0 Å². The van der Waals surface area contributed by atoms with Crippen molar-refractivity contribution in [2.24, 2.45) is 0 Å². The molecule has 29 heavy (non-hydrogen) atoms. The fourth-order valence-corrected chi connectivity index (χ4v) is 5.08. The fraction of sp³-hybridized carbons (Fsp3) is 0.364. The Kier molecular flexibility index (Phi) is 4.98. The second-order valence-corrected chi connectivity index (χ2v) is 8.72. The molecule has 0 unspecified atom stereocenters. The molecule has 3 aromatic rings. The summed E-state index contributed by atoms with van der Waals surface area (Å²) in [5.74, 6) is -0.0386. The average molecular weight is 429 g/mol. The van der Waals surface area contributed by atoms with Gasteiger partial charge in [-0.1, -0.05) is 47.5 Å². The first-order chi connectivity index (χ1) is 14.1. The Hall–Kier alpha value is -2.08. The first kappa shape index (κ1) is 18.9. The SMILES string of the molecule is O=C(c1cn2cc(Cl)cc(Cl)c2n1)N1CCC(N2CCc3ccccc3C2)CC1. The van der Waals surface area contributed by atoms with Gasteiger partial charge in [-0.3, -0.25) is 9.69 Å². The molecule has 5 rings (SSSR count). The van der Waals surface area contributed by atoms with E-state index in [1.165, 1.54) is 11.1 Å². The van der Waals surface area contributed by atoms with Crippen LogP contribution in [0.2, 0.25) is 10.0 Å². The predicted molar refractivity (Wildman–Crippen MR) is 115 cm³/mol. The zero-order valence-corrected chi connectivity index (χ0v) is 17.5. The van der Waals surface area contributed by atoms with Gasteiger partial charge in [0.05, 0.1) is 10.0 Å². The number of aromatic nitrogens is 2. The molecule has 0 bridgehead atoms. The zero-order valence-electron chi connectivity index (χ0n) is 16.0. The molecule has 2 aliphatic rings. The van der Waals surface area contributed by atoms with E-state index in [1.54, 1.807) is 22.9 Å². The Morgan fingerprint density at radius 3 is 2.59 bits per heavy atom. The number of carbonyl (C=O) groups excluding carboxylic acids is 1. The van der Waals surface area contributed by atoms with Gasteiger partial charge in [0.25, 0.3) is 5.91 Å². The lowest BCUT2D eigenvalue weighted by atomic mass is 9.95. The minimum absolute atomic E-state index is 0.0386. The minimum Gasteiger partial charge on any atom is -0.337 e. The van der Waals surface area contributed by atoms with Crippen molar-refractivity contribution >= 4 is 34.8 Å². The second kappa shape index (κ2) is 7.63. The van der Waals surface area contributed by atoms with Gasteiger partial charge in [-0.25, -0.2) is 4.98 Å². The number of carbonyl (C=O) groups is 1. The summed E-state index contributed by atoms with van der Waals surface area (Å²) in [6.07, 6.45) is 6.53. The van der Waals surface area contributed by atoms with E-state index in [1.807, 2.05) is 4.90 Å². The van der Waals surface area contributed by atoms with Gasteiger partial charge >= 0.3 is 0 Å². The highest BCUT2D eigenvalue weighted by Gasteiger charge is 2.30. The van der Waals surface area contributed by atoms with E-state index in [-0.39, 0.29) is 5.91 Å². The van der Waals surface area contributed by atoms with Crippen molar-refractivity contribution in [1.29, 1.82) is 0 Å². The van der Waals surface area contributed by atoms with Crippen LogP contribution >= 0.6 is 23.2 Å². The number of rotatable bonds is 2. The Morgan fingerprint density at radius 1 is 1.03 bits per heavy atom. The molecule has 2 aromatic heterocycles. The van der Waals surface area contributed by atoms with Crippen LogP contribution in [0.4, 0.5) is 0 Å². The maximum Gasteiger partial charge on any atom is 0.274 e. The third-order valence-corrected chi connectivity index (χ3v) is 6.61. The Labute approximate surface area is 179 Å². The summed E-state index contributed by atoms with van der Waals surface area (Å²) in [6, 6.07) is 10.9. The van der Waals surface area contributed by atoms with Gasteiger partial charge in [0.2, 0.25) is 0 Å². The maximum atomic E-state index is 13.0. The zero-order chi connectivity index (χ0) is 20.0. The molecule has 0 atom stereocenters. The molecule has 0 aliphatic carbocycles. The van der Waals surface area contributed by atoms with Crippen LogP contribution in [0.3, 0.4) is 0 Å². The lowest BCUT2D eigenvalue weighted by molar-refractivity contribution is 0.0595. The van der Waals surface area contributed by atoms with Crippen LogP contribution in [0.1, 0.15) is 34.5 Å². The van der Waals surface area contributed by atoms with Crippen molar-refractivity contribution in [3.63, 3.8) is 0 Å². The van der Waals surface area contributed by atoms with Crippen LogP contribution in [-0.4, -0.2) is 50.8 Å². The third-order valence-electron chi connectivity index (χ3n) is 6.12. The quantitative estimate of drug-likeness (QED) is 0.610. The highest BCUT2D eigenvalue weighted by molar-refractivity contribution is 6.36. The highest BCUT2D eigenvalue weighted by atomic mass is 35.5. The monoisotopic (exact) mass is 428 g/mol. The molecule has 0 radical (unpaired) electrons. The standard InChI is InChI=1S/C22H22Cl2N4O/c23-17-11-19(24)21-25-20(14-28(21)13-17)22(29)26-9-6-18(7-10-26)27-8-5-15-3-1-2-4-16(15)12-27/h1-4,11,13-14,18H,5-10,12H2. The number of nitrogens with zero attached hydrogens (tertiary/aromatic N) is 4. The summed E-state index contributed by atoms with van der Waals surface area (Å²) in [4.78, 5) is 21.9. The van der Waals surface area contributed by atoms with Gasteiger partial charge in [-0.15, -0.1) is 0 Å². The van der Waals surface area contributed by atoms with Gasteiger partial charge < -0.3 is 9.30 Å². The molecule has 1 saturated heterocycles. The topological polar surface area (TPSA) is 40.9 Å². The van der Waals surface area contributed by atoms with E-state index >= 15 is 0 Å². The Bertz CT molecular complexity index is 1070. The molecule has 150 valence electrons. The van der Waals surface area contributed by atoms with E-state index in [0.29, 0.717) is 27.4 Å². The van der Waals surface area contributed by atoms with Gasteiger partial charge in [-0.05, 0) is 36.5 Å². The summed E-state index contributed by atoms with van der Waals surface area (Å²) < 4.78 is 1.72. The lowest BCUT2D eigenvalue weighted by Gasteiger charge is -2.40. The number of piperidine rings is 1. The highest BCUT2D eigenvalue weighted by Crippen LogP contribution is 2.26. The van der Waals surface area contributed by atoms with Crippen molar-refractivity contribution in [2.45, 2.75) is 31.8 Å². The molecular weight excluding hydrogens is 407 g/mol.